The van der Waals surface area contributed by atoms with Crippen molar-refractivity contribution in [2.45, 2.75) is 38.3 Å². The van der Waals surface area contributed by atoms with E-state index in [1.54, 1.807) is 19.3 Å². The summed E-state index contributed by atoms with van der Waals surface area (Å²) in [6.07, 6.45) is -1.07. The third kappa shape index (κ3) is 3.45. The first kappa shape index (κ1) is 17.7. The van der Waals surface area contributed by atoms with Gasteiger partial charge in [0.2, 0.25) is 5.91 Å². The highest BCUT2D eigenvalue weighted by atomic mass is 19.4. The summed E-state index contributed by atoms with van der Waals surface area (Å²) in [4.78, 5) is 29.8. The molecule has 3 aromatic heterocycles. The van der Waals surface area contributed by atoms with Crippen LogP contribution in [0, 0.1) is 6.92 Å². The van der Waals surface area contributed by atoms with Gasteiger partial charge in [0.15, 0.2) is 0 Å². The standard InChI is InChI=1S/C18H18F3N5O/c1-10-24-13-8-23-17-12(4-5-22-17)15(13)16(25-10)11-3-2-6-26(9-11)14(27)7-18(19,20)21/h4-5,8,11H,2-3,6-7,9H2,1H3,(H,22,23). The zero-order chi connectivity index (χ0) is 19.2. The maximum atomic E-state index is 12.6. The van der Waals surface area contributed by atoms with Crippen molar-refractivity contribution in [3.05, 3.63) is 30.0 Å². The van der Waals surface area contributed by atoms with E-state index in [4.69, 9.17) is 0 Å². The van der Waals surface area contributed by atoms with Crippen LogP contribution in [-0.2, 0) is 4.79 Å². The minimum atomic E-state index is -4.49. The normalized spacial score (nSPS) is 18.4. The first-order valence-electron chi connectivity index (χ1n) is 8.77. The summed E-state index contributed by atoms with van der Waals surface area (Å²) in [7, 11) is 0. The summed E-state index contributed by atoms with van der Waals surface area (Å²) in [6, 6.07) is 1.89. The van der Waals surface area contributed by atoms with Crippen molar-refractivity contribution in [2.75, 3.05) is 13.1 Å². The highest BCUT2D eigenvalue weighted by molar-refractivity contribution is 6.04. The molecule has 1 amide bonds. The molecule has 1 fully saturated rings. The van der Waals surface area contributed by atoms with Crippen LogP contribution in [0.15, 0.2) is 18.5 Å². The van der Waals surface area contributed by atoms with Gasteiger partial charge < -0.3 is 9.88 Å². The van der Waals surface area contributed by atoms with Gasteiger partial charge in [-0.2, -0.15) is 13.2 Å². The van der Waals surface area contributed by atoms with Crippen LogP contribution in [-0.4, -0.2) is 50.0 Å². The zero-order valence-electron chi connectivity index (χ0n) is 14.7. The number of alkyl halides is 3. The Hall–Kier alpha value is -2.71. The molecule has 0 spiro atoms. The van der Waals surface area contributed by atoms with Gasteiger partial charge in [0, 0.05) is 36.0 Å². The molecule has 0 saturated carbocycles. The summed E-state index contributed by atoms with van der Waals surface area (Å²) in [5, 5.41) is 1.73. The summed E-state index contributed by atoms with van der Waals surface area (Å²) in [6.45, 7) is 2.35. The second-order valence-electron chi connectivity index (χ2n) is 6.89. The van der Waals surface area contributed by atoms with Crippen LogP contribution in [0.25, 0.3) is 21.9 Å². The monoisotopic (exact) mass is 377 g/mol. The summed E-state index contributed by atoms with van der Waals surface area (Å²) in [5.41, 5.74) is 2.18. The molecule has 1 saturated heterocycles. The number of carbonyl (C=O) groups excluding carboxylic acids is 1. The number of H-pyrrole nitrogens is 1. The number of aromatic nitrogens is 4. The Bertz CT molecular complexity index is 1010. The number of carbonyl (C=O) groups is 1. The van der Waals surface area contributed by atoms with Gasteiger partial charge in [-0.1, -0.05) is 0 Å². The molecule has 6 nitrogen and oxygen atoms in total. The molecular formula is C18H18F3N5O. The van der Waals surface area contributed by atoms with Gasteiger partial charge in [-0.05, 0) is 25.8 Å². The second kappa shape index (κ2) is 6.47. The Morgan fingerprint density at radius 1 is 1.37 bits per heavy atom. The molecular weight excluding hydrogens is 359 g/mol. The van der Waals surface area contributed by atoms with Crippen molar-refractivity contribution >= 4 is 27.8 Å². The number of halogens is 3. The molecule has 4 heterocycles. The lowest BCUT2D eigenvalue weighted by atomic mass is 9.91. The molecule has 3 aromatic rings. The molecule has 0 bridgehead atoms. The minimum absolute atomic E-state index is 0.138. The number of hydrogen-bond acceptors (Lipinski definition) is 4. The quantitative estimate of drug-likeness (QED) is 0.742. The summed E-state index contributed by atoms with van der Waals surface area (Å²) < 4.78 is 37.8. The van der Waals surface area contributed by atoms with Gasteiger partial charge in [0.05, 0.1) is 17.4 Å². The summed E-state index contributed by atoms with van der Waals surface area (Å²) in [5.74, 6) is -0.440. The molecule has 1 aliphatic heterocycles. The van der Waals surface area contributed by atoms with E-state index in [9.17, 15) is 18.0 Å². The number of piperidine rings is 1. The Morgan fingerprint density at radius 3 is 2.96 bits per heavy atom. The van der Waals surface area contributed by atoms with Gasteiger partial charge in [0.25, 0.3) is 0 Å². The van der Waals surface area contributed by atoms with Crippen LogP contribution in [0.5, 0.6) is 0 Å². The van der Waals surface area contributed by atoms with Crippen molar-refractivity contribution in [2.24, 2.45) is 0 Å². The van der Waals surface area contributed by atoms with Crippen LogP contribution in [0.4, 0.5) is 13.2 Å². The smallest absolute Gasteiger partial charge is 0.346 e. The number of pyridine rings is 1. The van der Waals surface area contributed by atoms with Crippen molar-refractivity contribution in [3.8, 4) is 0 Å². The van der Waals surface area contributed by atoms with Crippen LogP contribution < -0.4 is 0 Å². The number of aryl methyl sites for hydroxylation is 1. The molecule has 1 aliphatic rings. The minimum Gasteiger partial charge on any atom is -0.346 e. The van der Waals surface area contributed by atoms with Gasteiger partial charge in [-0.15, -0.1) is 0 Å². The number of amides is 1. The van der Waals surface area contributed by atoms with E-state index in [1.807, 2.05) is 6.07 Å². The van der Waals surface area contributed by atoms with Crippen LogP contribution in [0.3, 0.4) is 0 Å². The maximum Gasteiger partial charge on any atom is 0.397 e. The number of nitrogens with zero attached hydrogens (tertiary/aromatic N) is 4. The number of hydrogen-bond donors (Lipinski definition) is 1. The Kier molecular flexibility index (Phi) is 4.24. The number of rotatable bonds is 2. The molecule has 0 aromatic carbocycles. The van der Waals surface area contributed by atoms with Crippen molar-refractivity contribution in [1.29, 1.82) is 0 Å². The van der Waals surface area contributed by atoms with E-state index < -0.39 is 18.5 Å². The van der Waals surface area contributed by atoms with E-state index in [0.29, 0.717) is 30.0 Å². The van der Waals surface area contributed by atoms with E-state index in [2.05, 4.69) is 19.9 Å². The molecule has 27 heavy (non-hydrogen) atoms. The molecule has 0 aliphatic carbocycles. The number of likely N-dealkylation sites (tertiary alicyclic amines) is 1. The zero-order valence-corrected chi connectivity index (χ0v) is 14.7. The molecule has 9 heteroatoms. The SMILES string of the molecule is Cc1nc(C2CCCN(C(=O)CC(F)(F)F)C2)c2c(cnc3[nH]ccc32)n1. The molecule has 1 atom stereocenters. The molecule has 4 rings (SSSR count). The first-order chi connectivity index (χ1) is 12.8. The fourth-order valence-corrected chi connectivity index (χ4v) is 3.79. The Morgan fingerprint density at radius 2 is 2.19 bits per heavy atom. The largest absolute Gasteiger partial charge is 0.397 e. The van der Waals surface area contributed by atoms with E-state index in [0.717, 1.165) is 22.9 Å². The van der Waals surface area contributed by atoms with Gasteiger partial charge in [-0.25, -0.2) is 15.0 Å². The molecule has 142 valence electrons. The van der Waals surface area contributed by atoms with Gasteiger partial charge in [0.1, 0.15) is 17.9 Å². The third-order valence-electron chi connectivity index (χ3n) is 4.90. The van der Waals surface area contributed by atoms with Crippen molar-refractivity contribution < 1.29 is 18.0 Å². The average molecular weight is 377 g/mol. The van der Waals surface area contributed by atoms with Crippen LogP contribution in [0.1, 0.15) is 36.7 Å². The predicted molar refractivity (Wildman–Crippen MR) is 93.2 cm³/mol. The number of fused-ring (bicyclic) bond motifs is 3. The predicted octanol–water partition coefficient (Wildman–Crippen LogP) is 3.47. The lowest BCUT2D eigenvalue weighted by Gasteiger charge is -2.33. The maximum absolute atomic E-state index is 12.6. The van der Waals surface area contributed by atoms with Crippen LogP contribution >= 0.6 is 0 Å². The second-order valence-corrected chi connectivity index (χ2v) is 6.89. The fraction of sp³-hybridized carbons (Fsp3) is 0.444. The van der Waals surface area contributed by atoms with E-state index >= 15 is 0 Å². The molecule has 0 radical (unpaired) electrons. The van der Waals surface area contributed by atoms with Gasteiger partial charge in [-0.3, -0.25) is 4.79 Å². The summed E-state index contributed by atoms with van der Waals surface area (Å²) >= 11 is 0. The van der Waals surface area contributed by atoms with Crippen molar-refractivity contribution in [3.63, 3.8) is 0 Å². The highest BCUT2D eigenvalue weighted by Crippen LogP contribution is 2.34. The number of aromatic amines is 1. The van der Waals surface area contributed by atoms with E-state index in [1.165, 1.54) is 4.90 Å². The highest BCUT2D eigenvalue weighted by Gasteiger charge is 2.35. The van der Waals surface area contributed by atoms with Crippen molar-refractivity contribution in [1.82, 2.24) is 24.8 Å². The Labute approximate surface area is 152 Å². The molecule has 1 N–H and O–H groups in total. The number of nitrogens with one attached hydrogen (secondary N) is 1. The Balaban J connectivity index is 1.73. The topological polar surface area (TPSA) is 74.8 Å². The van der Waals surface area contributed by atoms with Gasteiger partial charge >= 0.3 is 6.18 Å². The fourth-order valence-electron chi connectivity index (χ4n) is 3.79. The third-order valence-corrected chi connectivity index (χ3v) is 4.90. The average Bonchev–Trinajstić information content (AvgIpc) is 3.08. The first-order valence-corrected chi connectivity index (χ1v) is 8.77. The lowest BCUT2D eigenvalue weighted by molar-refractivity contribution is -0.162. The van der Waals surface area contributed by atoms with Crippen LogP contribution in [0.2, 0.25) is 0 Å². The van der Waals surface area contributed by atoms with E-state index in [-0.39, 0.29) is 12.5 Å². The lowest BCUT2D eigenvalue weighted by Crippen LogP contribution is -2.41. The molecule has 1 unspecified atom stereocenters.